The van der Waals surface area contributed by atoms with E-state index in [0.29, 0.717) is 12.8 Å². The molecule has 1 aliphatic carbocycles. The van der Waals surface area contributed by atoms with Gasteiger partial charge >= 0.3 is 0 Å². The van der Waals surface area contributed by atoms with Crippen molar-refractivity contribution in [3.63, 3.8) is 0 Å². The molecule has 2 aromatic carbocycles. The number of para-hydroxylation sites is 1. The lowest BCUT2D eigenvalue weighted by Gasteiger charge is -2.32. The zero-order chi connectivity index (χ0) is 14.8. The predicted molar refractivity (Wildman–Crippen MR) is 83.1 cm³/mol. The fourth-order valence-electron chi connectivity index (χ4n) is 3.08. The van der Waals surface area contributed by atoms with E-state index in [1.807, 2.05) is 61.5 Å². The van der Waals surface area contributed by atoms with Crippen molar-refractivity contribution in [1.82, 2.24) is 0 Å². The van der Waals surface area contributed by atoms with Gasteiger partial charge < -0.3 is 10.0 Å². The molecule has 0 saturated heterocycles. The van der Waals surface area contributed by atoms with E-state index in [2.05, 4.69) is 0 Å². The molecule has 3 nitrogen and oxygen atoms in total. The first kappa shape index (κ1) is 13.8. The third-order valence-electron chi connectivity index (χ3n) is 4.05. The van der Waals surface area contributed by atoms with Crippen molar-refractivity contribution in [2.75, 3.05) is 4.90 Å². The number of rotatable bonds is 3. The average Bonchev–Trinajstić information content (AvgIpc) is 2.85. The van der Waals surface area contributed by atoms with E-state index in [0.717, 1.165) is 16.8 Å². The van der Waals surface area contributed by atoms with Gasteiger partial charge in [-0.3, -0.25) is 4.79 Å². The van der Waals surface area contributed by atoms with Crippen LogP contribution in [-0.4, -0.2) is 17.1 Å². The Balaban J connectivity index is 2.07. The van der Waals surface area contributed by atoms with Crippen molar-refractivity contribution >= 4 is 11.6 Å². The van der Waals surface area contributed by atoms with Gasteiger partial charge in [-0.05, 0) is 23.3 Å². The highest BCUT2D eigenvalue weighted by molar-refractivity contribution is 5.94. The van der Waals surface area contributed by atoms with Gasteiger partial charge in [0.15, 0.2) is 0 Å². The van der Waals surface area contributed by atoms with E-state index in [1.54, 1.807) is 4.90 Å². The Kier molecular flexibility index (Phi) is 3.76. The number of hydrogen-bond acceptors (Lipinski definition) is 2. The molecule has 2 aromatic rings. The third kappa shape index (κ3) is 2.45. The maximum absolute atomic E-state index is 12.5. The van der Waals surface area contributed by atoms with E-state index in [4.69, 9.17) is 0 Å². The predicted octanol–water partition coefficient (Wildman–Crippen LogP) is 3.09. The Labute approximate surface area is 124 Å². The van der Waals surface area contributed by atoms with Crippen molar-refractivity contribution in [2.45, 2.75) is 31.9 Å². The fourth-order valence-corrected chi connectivity index (χ4v) is 3.08. The zero-order valence-corrected chi connectivity index (χ0v) is 12.1. The summed E-state index contributed by atoms with van der Waals surface area (Å²) in [4.78, 5) is 14.2. The van der Waals surface area contributed by atoms with Crippen molar-refractivity contribution in [3.8, 4) is 0 Å². The number of carbonyl (C=O) groups excluding carboxylic acids is 1. The summed E-state index contributed by atoms with van der Waals surface area (Å²) in [6.45, 7) is 1.85. The largest absolute Gasteiger partial charge is 0.390 e. The summed E-state index contributed by atoms with van der Waals surface area (Å²) in [5, 5.41) is 10.5. The highest BCUT2D eigenvalue weighted by Crippen LogP contribution is 2.38. The van der Waals surface area contributed by atoms with Crippen LogP contribution in [0.25, 0.3) is 0 Å². The number of carbonyl (C=O) groups is 1. The normalized spacial score (nSPS) is 20.1. The van der Waals surface area contributed by atoms with Gasteiger partial charge in [0.1, 0.15) is 0 Å². The number of fused-ring (bicyclic) bond motifs is 1. The summed E-state index contributed by atoms with van der Waals surface area (Å²) >= 11 is 0. The quantitative estimate of drug-likeness (QED) is 0.939. The summed E-state index contributed by atoms with van der Waals surface area (Å²) in [7, 11) is 0. The van der Waals surface area contributed by atoms with E-state index >= 15 is 0 Å². The molecule has 0 fully saturated rings. The third-order valence-corrected chi connectivity index (χ3v) is 4.05. The van der Waals surface area contributed by atoms with Gasteiger partial charge in [-0.15, -0.1) is 0 Å². The Bertz CT molecular complexity index is 639. The Morgan fingerprint density at radius 1 is 1.14 bits per heavy atom. The molecule has 1 N–H and O–H groups in total. The van der Waals surface area contributed by atoms with E-state index in [-0.39, 0.29) is 11.9 Å². The number of aliphatic hydroxyl groups excluding tert-OH is 1. The number of benzene rings is 2. The molecular formula is C18H19NO2. The lowest BCUT2D eigenvalue weighted by atomic mass is 10.0. The van der Waals surface area contributed by atoms with E-state index in [9.17, 15) is 9.90 Å². The van der Waals surface area contributed by atoms with Crippen LogP contribution in [0, 0.1) is 0 Å². The maximum atomic E-state index is 12.5. The second-order valence-corrected chi connectivity index (χ2v) is 5.37. The lowest BCUT2D eigenvalue weighted by Crippen LogP contribution is -2.38. The van der Waals surface area contributed by atoms with Crippen LogP contribution < -0.4 is 4.90 Å². The summed E-state index contributed by atoms with van der Waals surface area (Å²) in [5.41, 5.74) is 3.01. The first-order valence-corrected chi connectivity index (χ1v) is 7.35. The van der Waals surface area contributed by atoms with Crippen molar-refractivity contribution in [2.24, 2.45) is 0 Å². The van der Waals surface area contributed by atoms with Gasteiger partial charge in [0, 0.05) is 18.5 Å². The van der Waals surface area contributed by atoms with Gasteiger partial charge in [-0.2, -0.15) is 0 Å². The van der Waals surface area contributed by atoms with Crippen LogP contribution in [0.2, 0.25) is 0 Å². The molecule has 0 aromatic heterocycles. The molecule has 3 rings (SSSR count). The number of anilines is 1. The van der Waals surface area contributed by atoms with Crippen molar-refractivity contribution < 1.29 is 9.90 Å². The average molecular weight is 281 g/mol. The second-order valence-electron chi connectivity index (χ2n) is 5.37. The van der Waals surface area contributed by atoms with Gasteiger partial charge in [0.05, 0.1) is 12.1 Å². The molecule has 108 valence electrons. The molecule has 0 aliphatic heterocycles. The number of amides is 1. The molecule has 0 saturated carbocycles. The number of hydrogen-bond donors (Lipinski definition) is 1. The summed E-state index contributed by atoms with van der Waals surface area (Å²) < 4.78 is 0. The molecule has 0 bridgehead atoms. The molecular weight excluding hydrogens is 262 g/mol. The van der Waals surface area contributed by atoms with Gasteiger partial charge in [0.2, 0.25) is 5.91 Å². The molecule has 2 atom stereocenters. The molecule has 0 heterocycles. The second kappa shape index (κ2) is 5.70. The standard InChI is InChI=1S/C18H19NO2/c1-2-17(21)19(14-9-4-3-5-10-14)18-15-11-7-6-8-13(15)12-16(18)20/h3-11,16,18,20H,2,12H2,1H3. The Morgan fingerprint density at radius 3 is 2.52 bits per heavy atom. The zero-order valence-electron chi connectivity index (χ0n) is 12.1. The molecule has 1 amide bonds. The van der Waals surface area contributed by atoms with Crippen molar-refractivity contribution in [1.29, 1.82) is 0 Å². The van der Waals surface area contributed by atoms with Crippen LogP contribution in [0.4, 0.5) is 5.69 Å². The SMILES string of the molecule is CCC(=O)N(c1ccccc1)C1c2ccccc2CC1O. The molecule has 1 aliphatic rings. The molecule has 0 spiro atoms. The van der Waals surface area contributed by atoms with E-state index < -0.39 is 6.10 Å². The van der Waals surface area contributed by atoms with Crippen LogP contribution >= 0.6 is 0 Å². The Hall–Kier alpha value is -2.13. The summed E-state index contributed by atoms with van der Waals surface area (Å²) in [5.74, 6) is 0.0296. The summed E-state index contributed by atoms with van der Waals surface area (Å²) in [6.07, 6.45) is 0.458. The number of nitrogens with zero attached hydrogens (tertiary/aromatic N) is 1. The molecule has 0 radical (unpaired) electrons. The van der Waals surface area contributed by atoms with Crippen LogP contribution in [0.15, 0.2) is 54.6 Å². The summed E-state index contributed by atoms with van der Waals surface area (Å²) in [6, 6.07) is 17.3. The highest BCUT2D eigenvalue weighted by atomic mass is 16.3. The van der Waals surface area contributed by atoms with Crippen LogP contribution in [0.3, 0.4) is 0 Å². The van der Waals surface area contributed by atoms with Gasteiger partial charge in [-0.1, -0.05) is 49.4 Å². The minimum absolute atomic E-state index is 0.0296. The smallest absolute Gasteiger partial charge is 0.227 e. The maximum Gasteiger partial charge on any atom is 0.227 e. The Morgan fingerprint density at radius 2 is 1.81 bits per heavy atom. The number of aliphatic hydroxyl groups is 1. The minimum atomic E-state index is -0.557. The van der Waals surface area contributed by atoms with Crippen LogP contribution in [0.5, 0.6) is 0 Å². The molecule has 21 heavy (non-hydrogen) atoms. The van der Waals surface area contributed by atoms with Crippen molar-refractivity contribution in [3.05, 3.63) is 65.7 Å². The minimum Gasteiger partial charge on any atom is -0.390 e. The molecule has 2 unspecified atom stereocenters. The van der Waals surface area contributed by atoms with Gasteiger partial charge in [-0.25, -0.2) is 0 Å². The topological polar surface area (TPSA) is 40.5 Å². The van der Waals surface area contributed by atoms with Crippen LogP contribution in [0.1, 0.15) is 30.5 Å². The van der Waals surface area contributed by atoms with Crippen LogP contribution in [-0.2, 0) is 11.2 Å². The first-order chi connectivity index (χ1) is 10.2. The van der Waals surface area contributed by atoms with Gasteiger partial charge in [0.25, 0.3) is 0 Å². The fraction of sp³-hybridized carbons (Fsp3) is 0.278. The highest BCUT2D eigenvalue weighted by Gasteiger charge is 2.37. The first-order valence-electron chi connectivity index (χ1n) is 7.35. The lowest BCUT2D eigenvalue weighted by molar-refractivity contribution is -0.119. The van der Waals surface area contributed by atoms with E-state index in [1.165, 1.54) is 0 Å². The monoisotopic (exact) mass is 281 g/mol. The molecule has 3 heteroatoms.